The van der Waals surface area contributed by atoms with Gasteiger partial charge in [-0.2, -0.15) is 0 Å². The monoisotopic (exact) mass is 279 g/mol. The fourth-order valence-corrected chi connectivity index (χ4v) is 2.26. The maximum atomic E-state index is 11.5. The molecule has 5 heteroatoms. The summed E-state index contributed by atoms with van der Waals surface area (Å²) < 4.78 is 5.26. The summed E-state index contributed by atoms with van der Waals surface area (Å²) in [5, 5.41) is 2.67. The van der Waals surface area contributed by atoms with E-state index in [4.69, 9.17) is 10.5 Å². The average Bonchev–Trinajstić information content (AvgIpc) is 2.45. The molecule has 0 fully saturated rings. The maximum absolute atomic E-state index is 11.5. The van der Waals surface area contributed by atoms with Gasteiger partial charge in [0.15, 0.2) is 0 Å². The van der Waals surface area contributed by atoms with Crippen molar-refractivity contribution in [1.82, 2.24) is 10.2 Å². The molecule has 0 saturated heterocycles. The molecular weight excluding hydrogens is 254 g/mol. The van der Waals surface area contributed by atoms with Gasteiger partial charge in [0, 0.05) is 38.2 Å². The van der Waals surface area contributed by atoms with E-state index in [1.54, 1.807) is 14.2 Å². The second kappa shape index (κ2) is 7.87. The predicted octanol–water partition coefficient (Wildman–Crippen LogP) is 0.968. The second-order valence-corrected chi connectivity index (χ2v) is 5.06. The first-order chi connectivity index (χ1) is 9.51. The van der Waals surface area contributed by atoms with Crippen LogP contribution in [0.2, 0.25) is 0 Å². The van der Waals surface area contributed by atoms with E-state index in [0.717, 1.165) is 23.4 Å². The van der Waals surface area contributed by atoms with E-state index in [0.29, 0.717) is 13.1 Å². The highest BCUT2D eigenvalue weighted by Gasteiger charge is 2.14. The fraction of sp³-hybridized carbons (Fsp3) is 0.533. The van der Waals surface area contributed by atoms with E-state index in [2.05, 4.69) is 16.3 Å². The van der Waals surface area contributed by atoms with Gasteiger partial charge in [0.2, 0.25) is 5.91 Å². The Morgan fingerprint density at radius 2 is 2.20 bits per heavy atom. The maximum Gasteiger partial charge on any atom is 0.223 e. The van der Waals surface area contributed by atoms with Crippen LogP contribution >= 0.6 is 0 Å². The summed E-state index contributed by atoms with van der Waals surface area (Å²) in [5.74, 6) is 0.851. The number of methoxy groups -OCH3 is 1. The summed E-state index contributed by atoms with van der Waals surface area (Å²) in [7, 11) is 5.31. The molecular formula is C15H25N3O2. The van der Waals surface area contributed by atoms with Crippen LogP contribution in [0.1, 0.15) is 18.1 Å². The van der Waals surface area contributed by atoms with Crippen LogP contribution in [0.3, 0.4) is 0 Å². The van der Waals surface area contributed by atoms with Gasteiger partial charge in [0.25, 0.3) is 0 Å². The number of rotatable bonds is 7. The van der Waals surface area contributed by atoms with Crippen LogP contribution in [0.15, 0.2) is 18.2 Å². The summed E-state index contributed by atoms with van der Waals surface area (Å²) in [6.07, 6.45) is 0. The number of hydrogen-bond donors (Lipinski definition) is 2. The van der Waals surface area contributed by atoms with Crippen LogP contribution in [-0.4, -0.2) is 38.6 Å². The van der Waals surface area contributed by atoms with Crippen LogP contribution < -0.4 is 15.8 Å². The molecule has 0 aliphatic rings. The lowest BCUT2D eigenvalue weighted by molar-refractivity contribution is -0.124. The minimum Gasteiger partial charge on any atom is -0.496 e. The van der Waals surface area contributed by atoms with Crippen molar-refractivity contribution in [1.29, 1.82) is 0 Å². The summed E-state index contributed by atoms with van der Waals surface area (Å²) in [6, 6.07) is 6.02. The van der Waals surface area contributed by atoms with E-state index in [-0.39, 0.29) is 11.8 Å². The van der Waals surface area contributed by atoms with Gasteiger partial charge in [-0.15, -0.1) is 0 Å². The number of hydrogen-bond acceptors (Lipinski definition) is 4. The van der Waals surface area contributed by atoms with Crippen molar-refractivity contribution in [2.75, 3.05) is 27.7 Å². The van der Waals surface area contributed by atoms with E-state index in [1.807, 2.05) is 26.1 Å². The Balaban J connectivity index is 2.66. The normalized spacial score (nSPS) is 12.3. The first kappa shape index (κ1) is 16.5. The van der Waals surface area contributed by atoms with Gasteiger partial charge in [-0.05, 0) is 24.7 Å². The molecule has 0 heterocycles. The van der Waals surface area contributed by atoms with Gasteiger partial charge in [-0.25, -0.2) is 0 Å². The molecule has 0 saturated carbocycles. The first-order valence-corrected chi connectivity index (χ1v) is 6.77. The molecule has 0 aromatic heterocycles. The quantitative estimate of drug-likeness (QED) is 0.780. The Kier molecular flexibility index (Phi) is 6.48. The molecule has 1 amide bonds. The minimum absolute atomic E-state index is 0.0303. The SMILES string of the molecule is CNC(=O)C(C)CN(C)Cc1ccc(OC)c(CN)c1. The lowest BCUT2D eigenvalue weighted by Gasteiger charge is -2.21. The van der Waals surface area contributed by atoms with Crippen molar-refractivity contribution in [3.8, 4) is 5.75 Å². The number of ether oxygens (including phenoxy) is 1. The average molecular weight is 279 g/mol. The Labute approximate surface area is 121 Å². The minimum atomic E-state index is -0.0303. The summed E-state index contributed by atoms with van der Waals surface area (Å²) in [6.45, 7) is 3.87. The number of amides is 1. The molecule has 1 unspecified atom stereocenters. The zero-order chi connectivity index (χ0) is 15.1. The molecule has 0 aliphatic carbocycles. The Hall–Kier alpha value is -1.59. The molecule has 1 rings (SSSR count). The molecule has 3 N–H and O–H groups in total. The van der Waals surface area contributed by atoms with Crippen LogP contribution in [-0.2, 0) is 17.9 Å². The third kappa shape index (κ3) is 4.51. The molecule has 112 valence electrons. The Bertz CT molecular complexity index is 449. The smallest absolute Gasteiger partial charge is 0.223 e. The van der Waals surface area contributed by atoms with Gasteiger partial charge in [0.1, 0.15) is 5.75 Å². The third-order valence-electron chi connectivity index (χ3n) is 3.30. The lowest BCUT2D eigenvalue weighted by atomic mass is 10.1. The zero-order valence-electron chi connectivity index (χ0n) is 12.8. The van der Waals surface area contributed by atoms with E-state index < -0.39 is 0 Å². The molecule has 0 spiro atoms. The zero-order valence-corrected chi connectivity index (χ0v) is 12.8. The molecule has 0 radical (unpaired) electrons. The third-order valence-corrected chi connectivity index (χ3v) is 3.30. The second-order valence-electron chi connectivity index (χ2n) is 5.06. The molecule has 1 atom stereocenters. The van der Waals surface area contributed by atoms with Crippen LogP contribution in [0, 0.1) is 5.92 Å². The van der Waals surface area contributed by atoms with Crippen LogP contribution in [0.4, 0.5) is 0 Å². The standard InChI is InChI=1S/C15H25N3O2/c1-11(15(19)17-2)9-18(3)10-12-5-6-14(20-4)13(7-12)8-16/h5-7,11H,8-10,16H2,1-4H3,(H,17,19). The summed E-state index contributed by atoms with van der Waals surface area (Å²) in [4.78, 5) is 13.6. The highest BCUT2D eigenvalue weighted by molar-refractivity contribution is 5.78. The number of carbonyl (C=O) groups excluding carboxylic acids is 1. The highest BCUT2D eigenvalue weighted by Crippen LogP contribution is 2.20. The molecule has 1 aromatic carbocycles. The lowest BCUT2D eigenvalue weighted by Crippen LogP contribution is -2.34. The largest absolute Gasteiger partial charge is 0.496 e. The molecule has 0 aliphatic heterocycles. The van der Waals surface area contributed by atoms with Crippen molar-refractivity contribution in [3.05, 3.63) is 29.3 Å². The first-order valence-electron chi connectivity index (χ1n) is 6.77. The molecule has 20 heavy (non-hydrogen) atoms. The summed E-state index contributed by atoms with van der Waals surface area (Å²) in [5.41, 5.74) is 7.88. The predicted molar refractivity (Wildman–Crippen MR) is 80.5 cm³/mol. The van der Waals surface area contributed by atoms with Crippen molar-refractivity contribution in [2.24, 2.45) is 11.7 Å². The van der Waals surface area contributed by atoms with Gasteiger partial charge < -0.3 is 20.7 Å². The topological polar surface area (TPSA) is 67.6 Å². The van der Waals surface area contributed by atoms with Crippen LogP contribution in [0.5, 0.6) is 5.75 Å². The van der Waals surface area contributed by atoms with Gasteiger partial charge in [-0.1, -0.05) is 13.0 Å². The summed E-state index contributed by atoms with van der Waals surface area (Å²) >= 11 is 0. The van der Waals surface area contributed by atoms with E-state index in [1.165, 1.54) is 0 Å². The number of carbonyl (C=O) groups is 1. The Morgan fingerprint density at radius 1 is 1.50 bits per heavy atom. The van der Waals surface area contributed by atoms with Gasteiger partial charge in [-0.3, -0.25) is 4.79 Å². The molecule has 5 nitrogen and oxygen atoms in total. The fourth-order valence-electron chi connectivity index (χ4n) is 2.26. The highest BCUT2D eigenvalue weighted by atomic mass is 16.5. The molecule has 0 bridgehead atoms. The van der Waals surface area contributed by atoms with Gasteiger partial charge in [0.05, 0.1) is 7.11 Å². The number of benzene rings is 1. The number of nitrogens with zero attached hydrogens (tertiary/aromatic N) is 1. The van der Waals surface area contributed by atoms with Crippen molar-refractivity contribution >= 4 is 5.91 Å². The van der Waals surface area contributed by atoms with Gasteiger partial charge >= 0.3 is 0 Å². The molecule has 1 aromatic rings. The number of nitrogens with one attached hydrogen (secondary N) is 1. The van der Waals surface area contributed by atoms with Crippen molar-refractivity contribution in [2.45, 2.75) is 20.0 Å². The van der Waals surface area contributed by atoms with Crippen LogP contribution in [0.25, 0.3) is 0 Å². The van der Waals surface area contributed by atoms with Crippen molar-refractivity contribution < 1.29 is 9.53 Å². The number of nitrogens with two attached hydrogens (primary N) is 1. The van der Waals surface area contributed by atoms with E-state index >= 15 is 0 Å². The van der Waals surface area contributed by atoms with E-state index in [9.17, 15) is 4.79 Å². The Morgan fingerprint density at radius 3 is 2.75 bits per heavy atom. The van der Waals surface area contributed by atoms with Crippen molar-refractivity contribution in [3.63, 3.8) is 0 Å².